The van der Waals surface area contributed by atoms with Crippen LogP contribution in [0.15, 0.2) is 30.3 Å². The van der Waals surface area contributed by atoms with Crippen molar-refractivity contribution in [2.45, 2.75) is 58.3 Å². The van der Waals surface area contributed by atoms with Crippen LogP contribution < -0.4 is 5.32 Å². The number of hydrogen-bond donors (Lipinski definition) is 1. The van der Waals surface area contributed by atoms with Gasteiger partial charge in [0.15, 0.2) is 0 Å². The van der Waals surface area contributed by atoms with E-state index >= 15 is 0 Å². The first kappa shape index (κ1) is 22.9. The van der Waals surface area contributed by atoms with E-state index in [0.29, 0.717) is 28.3 Å². The van der Waals surface area contributed by atoms with Crippen molar-refractivity contribution in [3.05, 3.63) is 64.2 Å². The van der Waals surface area contributed by atoms with Gasteiger partial charge in [-0.15, -0.1) is 0 Å². The molecule has 33 heavy (non-hydrogen) atoms. The number of rotatable bonds is 7. The highest BCUT2D eigenvalue weighted by Crippen LogP contribution is 2.41. The molecule has 1 aliphatic carbocycles. The fraction of sp³-hybridized carbons (Fsp3) is 0.409. The quantitative estimate of drug-likeness (QED) is 0.485. The fourth-order valence-electron chi connectivity index (χ4n) is 3.76. The van der Waals surface area contributed by atoms with Gasteiger partial charge in [0.1, 0.15) is 12.2 Å². The average Bonchev–Trinajstić information content (AvgIpc) is 3.44. The Hall–Kier alpha value is -3.24. The summed E-state index contributed by atoms with van der Waals surface area (Å²) in [5.41, 5.74) is 1.42. The number of halogens is 5. The summed E-state index contributed by atoms with van der Waals surface area (Å²) in [7, 11) is 0. The van der Waals surface area contributed by atoms with E-state index in [1.165, 1.54) is 21.5 Å². The van der Waals surface area contributed by atoms with Crippen molar-refractivity contribution < 1.29 is 26.7 Å². The lowest BCUT2D eigenvalue weighted by atomic mass is 10.1. The Morgan fingerprint density at radius 3 is 2.52 bits per heavy atom. The lowest BCUT2D eigenvalue weighted by Gasteiger charge is -2.11. The Morgan fingerprint density at radius 2 is 1.88 bits per heavy atom. The van der Waals surface area contributed by atoms with Gasteiger partial charge in [0.25, 0.3) is 6.43 Å². The summed E-state index contributed by atoms with van der Waals surface area (Å²) in [5.74, 6) is -0.317. The number of nitrogens with zero attached hydrogens (tertiary/aromatic N) is 4. The topological polar surface area (TPSA) is 64.7 Å². The zero-order valence-corrected chi connectivity index (χ0v) is 18.0. The maximum Gasteiger partial charge on any atom is 0.416 e. The van der Waals surface area contributed by atoms with E-state index in [4.69, 9.17) is 0 Å². The van der Waals surface area contributed by atoms with Crippen LogP contribution in [-0.2, 0) is 24.1 Å². The van der Waals surface area contributed by atoms with E-state index in [1.807, 2.05) is 0 Å². The number of amides is 1. The molecular weight excluding hydrogens is 445 g/mol. The highest BCUT2D eigenvalue weighted by atomic mass is 19.4. The number of carbonyl (C=O) groups is 1. The Balaban J connectivity index is 1.49. The second-order valence-electron chi connectivity index (χ2n) is 8.18. The molecule has 1 fully saturated rings. The highest BCUT2D eigenvalue weighted by Gasteiger charge is 2.31. The Morgan fingerprint density at radius 1 is 1.15 bits per heavy atom. The first-order chi connectivity index (χ1) is 15.5. The number of aryl methyl sites for hydroxylation is 1. The second kappa shape index (κ2) is 8.60. The van der Waals surface area contributed by atoms with E-state index in [1.54, 1.807) is 19.9 Å². The first-order valence-corrected chi connectivity index (χ1v) is 10.4. The van der Waals surface area contributed by atoms with Crippen LogP contribution in [0.2, 0.25) is 0 Å². The number of hydrogen-bond acceptors (Lipinski definition) is 3. The number of aromatic nitrogens is 4. The number of carbonyl (C=O) groups excluding carboxylic acids is 1. The predicted octanol–water partition coefficient (Wildman–Crippen LogP) is 5.22. The maximum absolute atomic E-state index is 13.1. The molecule has 176 valence electrons. The van der Waals surface area contributed by atoms with Crippen LogP contribution in [0, 0.1) is 13.8 Å². The molecule has 2 heterocycles. The van der Waals surface area contributed by atoms with E-state index in [2.05, 4.69) is 15.5 Å². The summed E-state index contributed by atoms with van der Waals surface area (Å²) in [5, 5.41) is 11.0. The summed E-state index contributed by atoms with van der Waals surface area (Å²) in [6, 6.07) is 6.32. The van der Waals surface area contributed by atoms with Gasteiger partial charge < -0.3 is 5.32 Å². The van der Waals surface area contributed by atoms with Crippen molar-refractivity contribution in [2.24, 2.45) is 0 Å². The van der Waals surface area contributed by atoms with Gasteiger partial charge in [-0.2, -0.15) is 23.4 Å². The van der Waals surface area contributed by atoms with Gasteiger partial charge in [-0.1, -0.05) is 12.1 Å². The van der Waals surface area contributed by atoms with Crippen molar-refractivity contribution in [1.29, 1.82) is 0 Å². The van der Waals surface area contributed by atoms with Crippen molar-refractivity contribution in [3.63, 3.8) is 0 Å². The third-order valence-electron chi connectivity index (χ3n) is 5.58. The smallest absolute Gasteiger partial charge is 0.321 e. The second-order valence-corrected chi connectivity index (χ2v) is 8.18. The lowest BCUT2D eigenvalue weighted by molar-refractivity contribution is -0.137. The van der Waals surface area contributed by atoms with Gasteiger partial charge in [0, 0.05) is 11.6 Å². The zero-order chi connectivity index (χ0) is 23.9. The molecule has 3 aromatic rings. The highest BCUT2D eigenvalue weighted by molar-refractivity contribution is 5.91. The number of nitrogens with one attached hydrogen (secondary N) is 1. The minimum Gasteiger partial charge on any atom is -0.321 e. The van der Waals surface area contributed by atoms with Crippen LogP contribution >= 0.6 is 0 Å². The summed E-state index contributed by atoms with van der Waals surface area (Å²) in [6.07, 6.45) is -5.42. The van der Waals surface area contributed by atoms with Crippen molar-refractivity contribution >= 4 is 11.6 Å². The average molecular weight is 467 g/mol. The van der Waals surface area contributed by atoms with Crippen LogP contribution in [0.3, 0.4) is 0 Å². The van der Waals surface area contributed by atoms with Crippen molar-refractivity contribution in [2.75, 3.05) is 5.32 Å². The molecule has 11 heteroatoms. The Labute approximate surface area is 186 Å². The molecule has 1 N–H and O–H groups in total. The van der Waals surface area contributed by atoms with Crippen molar-refractivity contribution in [3.8, 4) is 0 Å². The van der Waals surface area contributed by atoms with E-state index in [0.717, 1.165) is 25.0 Å². The molecule has 0 atom stereocenters. The van der Waals surface area contributed by atoms with Gasteiger partial charge in [-0.3, -0.25) is 14.2 Å². The largest absolute Gasteiger partial charge is 0.416 e. The molecule has 1 aliphatic rings. The number of anilines is 1. The van der Waals surface area contributed by atoms with E-state index in [9.17, 15) is 26.7 Å². The monoisotopic (exact) mass is 467 g/mol. The molecule has 2 aromatic heterocycles. The van der Waals surface area contributed by atoms with Gasteiger partial charge in [-0.05, 0) is 50.5 Å². The molecule has 1 aromatic carbocycles. The van der Waals surface area contributed by atoms with E-state index in [-0.39, 0.29) is 24.7 Å². The third-order valence-corrected chi connectivity index (χ3v) is 5.58. The normalized spacial score (nSPS) is 14.2. The molecule has 6 nitrogen and oxygen atoms in total. The maximum atomic E-state index is 13.1. The summed E-state index contributed by atoms with van der Waals surface area (Å²) in [4.78, 5) is 12.7. The molecule has 0 radical (unpaired) electrons. The fourth-order valence-corrected chi connectivity index (χ4v) is 3.76. The minimum absolute atomic E-state index is 0.0925. The van der Waals surface area contributed by atoms with Crippen LogP contribution in [-0.4, -0.2) is 25.5 Å². The van der Waals surface area contributed by atoms with Gasteiger partial charge >= 0.3 is 6.18 Å². The third kappa shape index (κ3) is 5.07. The Bertz CT molecular complexity index is 1180. The molecule has 4 rings (SSSR count). The number of alkyl halides is 5. The molecule has 0 spiro atoms. The van der Waals surface area contributed by atoms with Gasteiger partial charge in [0.05, 0.1) is 29.2 Å². The standard InChI is InChI=1S/C22H22F5N5O/c1-12-20(13(2)31(29-12)10-14-4-3-5-16(8-14)22(25,26)27)28-19(33)11-32-18(15-6-7-15)9-17(30-32)21(23)24/h3-5,8-9,15,21H,6-7,10-11H2,1-2H3,(H,28,33). The van der Waals surface area contributed by atoms with Crippen LogP contribution in [0.4, 0.5) is 27.6 Å². The SMILES string of the molecule is Cc1nn(Cc2cccc(C(F)(F)F)c2)c(C)c1NC(=O)Cn1nc(C(F)F)cc1C1CC1. The van der Waals surface area contributed by atoms with E-state index < -0.39 is 24.1 Å². The molecule has 0 unspecified atom stereocenters. The predicted molar refractivity (Wildman–Crippen MR) is 110 cm³/mol. The summed E-state index contributed by atoms with van der Waals surface area (Å²) < 4.78 is 67.9. The molecule has 1 amide bonds. The Kier molecular flexibility index (Phi) is 5.98. The molecule has 0 aliphatic heterocycles. The lowest BCUT2D eigenvalue weighted by Crippen LogP contribution is -2.21. The minimum atomic E-state index is -4.44. The van der Waals surface area contributed by atoms with Crippen LogP contribution in [0.1, 0.15) is 59.1 Å². The van der Waals surface area contributed by atoms with Crippen LogP contribution in [0.5, 0.6) is 0 Å². The van der Waals surface area contributed by atoms with Gasteiger partial charge in [-0.25, -0.2) is 8.78 Å². The first-order valence-electron chi connectivity index (χ1n) is 10.4. The van der Waals surface area contributed by atoms with Gasteiger partial charge in [0.2, 0.25) is 5.91 Å². The zero-order valence-electron chi connectivity index (χ0n) is 18.0. The molecule has 0 saturated heterocycles. The number of benzene rings is 1. The van der Waals surface area contributed by atoms with Crippen LogP contribution in [0.25, 0.3) is 0 Å². The summed E-state index contributed by atoms with van der Waals surface area (Å²) >= 11 is 0. The molecule has 1 saturated carbocycles. The molecule has 0 bridgehead atoms. The summed E-state index contributed by atoms with van der Waals surface area (Å²) in [6.45, 7) is 3.23. The van der Waals surface area contributed by atoms with Crippen molar-refractivity contribution in [1.82, 2.24) is 19.6 Å². The molecular formula is C22H22F5N5O.